The molecular formula is C14H12BrFN2O. The molecule has 0 heterocycles. The minimum absolute atomic E-state index is 0.0490. The van der Waals surface area contributed by atoms with Crippen molar-refractivity contribution < 1.29 is 9.18 Å². The van der Waals surface area contributed by atoms with Gasteiger partial charge in [0.2, 0.25) is 0 Å². The summed E-state index contributed by atoms with van der Waals surface area (Å²) in [5.41, 5.74) is 6.76. The Morgan fingerprint density at radius 1 is 1.26 bits per heavy atom. The number of anilines is 1. The number of nitrogen functional groups attached to an aromatic ring is 1. The summed E-state index contributed by atoms with van der Waals surface area (Å²) >= 11 is 3.38. The normalized spacial score (nSPS) is 10.2. The van der Waals surface area contributed by atoms with Gasteiger partial charge in [-0.3, -0.25) is 4.79 Å². The third-order valence-electron chi connectivity index (χ3n) is 2.63. The number of carbonyl (C=O) groups excluding carboxylic acids is 1. The van der Waals surface area contributed by atoms with Gasteiger partial charge in [-0.15, -0.1) is 0 Å². The summed E-state index contributed by atoms with van der Waals surface area (Å²) in [5.74, 6) is -1.07. The van der Waals surface area contributed by atoms with Crippen molar-refractivity contribution in [2.24, 2.45) is 0 Å². The topological polar surface area (TPSA) is 55.1 Å². The van der Waals surface area contributed by atoms with Crippen LogP contribution in [-0.2, 0) is 6.54 Å². The van der Waals surface area contributed by atoms with E-state index in [0.29, 0.717) is 12.2 Å². The van der Waals surface area contributed by atoms with Crippen LogP contribution in [0.25, 0.3) is 0 Å². The maximum atomic E-state index is 13.5. The van der Waals surface area contributed by atoms with Crippen molar-refractivity contribution in [1.82, 2.24) is 5.32 Å². The van der Waals surface area contributed by atoms with Gasteiger partial charge >= 0.3 is 0 Å². The molecule has 0 bridgehead atoms. The Morgan fingerprint density at radius 3 is 2.74 bits per heavy atom. The molecule has 0 aliphatic heterocycles. The molecule has 0 radical (unpaired) electrons. The molecule has 2 aromatic rings. The Labute approximate surface area is 118 Å². The van der Waals surface area contributed by atoms with E-state index >= 15 is 0 Å². The van der Waals surface area contributed by atoms with Crippen LogP contribution < -0.4 is 11.1 Å². The van der Waals surface area contributed by atoms with Gasteiger partial charge in [-0.25, -0.2) is 4.39 Å². The van der Waals surface area contributed by atoms with Gasteiger partial charge in [-0.1, -0.05) is 34.1 Å². The first-order valence-electron chi connectivity index (χ1n) is 5.64. The average molecular weight is 323 g/mol. The van der Waals surface area contributed by atoms with Crippen molar-refractivity contribution in [2.75, 3.05) is 5.73 Å². The second kappa shape index (κ2) is 5.84. The molecule has 1 amide bonds. The van der Waals surface area contributed by atoms with E-state index in [-0.39, 0.29) is 5.56 Å². The summed E-state index contributed by atoms with van der Waals surface area (Å²) in [6.07, 6.45) is 0. The molecule has 0 unspecified atom stereocenters. The largest absolute Gasteiger partial charge is 0.399 e. The highest BCUT2D eigenvalue weighted by atomic mass is 79.9. The molecule has 3 nitrogen and oxygen atoms in total. The quantitative estimate of drug-likeness (QED) is 0.853. The molecule has 0 aliphatic carbocycles. The molecule has 98 valence electrons. The zero-order chi connectivity index (χ0) is 13.8. The molecular weight excluding hydrogens is 311 g/mol. The van der Waals surface area contributed by atoms with Crippen molar-refractivity contribution in [1.29, 1.82) is 0 Å². The zero-order valence-electron chi connectivity index (χ0n) is 9.99. The van der Waals surface area contributed by atoms with Crippen molar-refractivity contribution in [3.05, 3.63) is 63.9 Å². The number of hydrogen-bond donors (Lipinski definition) is 2. The number of nitrogens with two attached hydrogens (primary N) is 1. The molecule has 0 spiro atoms. The van der Waals surface area contributed by atoms with Crippen LogP contribution >= 0.6 is 15.9 Å². The van der Waals surface area contributed by atoms with Gasteiger partial charge < -0.3 is 11.1 Å². The van der Waals surface area contributed by atoms with Crippen LogP contribution in [0.4, 0.5) is 10.1 Å². The summed E-state index contributed by atoms with van der Waals surface area (Å²) in [7, 11) is 0. The lowest BCUT2D eigenvalue weighted by atomic mass is 10.1. The van der Waals surface area contributed by atoms with E-state index in [1.54, 1.807) is 0 Å². The van der Waals surface area contributed by atoms with Crippen molar-refractivity contribution >= 4 is 27.5 Å². The number of amides is 1. The average Bonchev–Trinajstić information content (AvgIpc) is 2.40. The van der Waals surface area contributed by atoms with E-state index in [4.69, 9.17) is 5.73 Å². The Morgan fingerprint density at radius 2 is 2.00 bits per heavy atom. The second-order valence-corrected chi connectivity index (χ2v) is 4.87. The molecule has 0 fully saturated rings. The van der Waals surface area contributed by atoms with E-state index < -0.39 is 11.7 Å². The summed E-state index contributed by atoms with van der Waals surface area (Å²) in [6, 6.07) is 11.4. The summed E-state index contributed by atoms with van der Waals surface area (Å²) in [6.45, 7) is 0.314. The Bertz CT molecular complexity index is 616. The predicted octanol–water partition coefficient (Wildman–Crippen LogP) is 3.10. The number of nitrogens with one attached hydrogen (secondary N) is 1. The summed E-state index contributed by atoms with van der Waals surface area (Å²) in [5, 5.41) is 2.66. The van der Waals surface area contributed by atoms with Crippen LogP contribution in [0.15, 0.2) is 46.9 Å². The van der Waals surface area contributed by atoms with Crippen LogP contribution in [-0.4, -0.2) is 5.91 Å². The van der Waals surface area contributed by atoms with Crippen LogP contribution in [0.1, 0.15) is 15.9 Å². The van der Waals surface area contributed by atoms with Crippen LogP contribution in [0.3, 0.4) is 0 Å². The molecule has 0 aromatic heterocycles. The van der Waals surface area contributed by atoms with Gasteiger partial charge in [0, 0.05) is 16.7 Å². The molecule has 0 saturated heterocycles. The van der Waals surface area contributed by atoms with Crippen LogP contribution in [0.2, 0.25) is 0 Å². The van der Waals surface area contributed by atoms with E-state index in [1.165, 1.54) is 18.2 Å². The Kier molecular flexibility index (Phi) is 4.16. The molecule has 0 atom stereocenters. The van der Waals surface area contributed by atoms with Crippen LogP contribution in [0, 0.1) is 5.82 Å². The van der Waals surface area contributed by atoms with Gasteiger partial charge in [0.05, 0.1) is 5.56 Å². The lowest BCUT2D eigenvalue weighted by molar-refractivity contribution is 0.0947. The van der Waals surface area contributed by atoms with Crippen molar-refractivity contribution in [2.45, 2.75) is 6.54 Å². The van der Waals surface area contributed by atoms with Gasteiger partial charge in [-0.05, 0) is 29.8 Å². The van der Waals surface area contributed by atoms with Gasteiger partial charge in [0.1, 0.15) is 5.82 Å². The number of halogens is 2. The highest BCUT2D eigenvalue weighted by molar-refractivity contribution is 9.10. The minimum Gasteiger partial charge on any atom is -0.399 e. The molecule has 19 heavy (non-hydrogen) atoms. The Balaban J connectivity index is 2.10. The number of benzene rings is 2. The number of hydrogen-bond acceptors (Lipinski definition) is 2. The number of carbonyl (C=O) groups is 1. The Hall–Kier alpha value is -1.88. The molecule has 0 aliphatic rings. The SMILES string of the molecule is Nc1ccc(F)c(C(=O)NCc2ccccc2Br)c1. The monoisotopic (exact) mass is 322 g/mol. The molecule has 3 N–H and O–H groups in total. The number of rotatable bonds is 3. The van der Waals surface area contributed by atoms with E-state index in [2.05, 4.69) is 21.2 Å². The third kappa shape index (κ3) is 3.32. The predicted molar refractivity (Wildman–Crippen MR) is 76.1 cm³/mol. The highest BCUT2D eigenvalue weighted by Crippen LogP contribution is 2.16. The van der Waals surface area contributed by atoms with Gasteiger partial charge in [0.15, 0.2) is 0 Å². The standard InChI is InChI=1S/C14H12BrFN2O/c15-12-4-2-1-3-9(12)8-18-14(19)11-7-10(17)5-6-13(11)16/h1-7H,8,17H2,(H,18,19). The summed E-state index contributed by atoms with van der Waals surface area (Å²) in [4.78, 5) is 11.9. The highest BCUT2D eigenvalue weighted by Gasteiger charge is 2.12. The maximum absolute atomic E-state index is 13.5. The van der Waals surface area contributed by atoms with Crippen molar-refractivity contribution in [3.8, 4) is 0 Å². The lowest BCUT2D eigenvalue weighted by Crippen LogP contribution is -2.24. The maximum Gasteiger partial charge on any atom is 0.254 e. The van der Waals surface area contributed by atoms with Gasteiger partial charge in [-0.2, -0.15) is 0 Å². The third-order valence-corrected chi connectivity index (χ3v) is 3.41. The van der Waals surface area contributed by atoms with Crippen molar-refractivity contribution in [3.63, 3.8) is 0 Å². The second-order valence-electron chi connectivity index (χ2n) is 4.01. The first kappa shape index (κ1) is 13.5. The van der Waals surface area contributed by atoms with E-state index in [9.17, 15) is 9.18 Å². The molecule has 0 saturated carbocycles. The van der Waals surface area contributed by atoms with E-state index in [0.717, 1.165) is 10.0 Å². The van der Waals surface area contributed by atoms with E-state index in [1.807, 2.05) is 24.3 Å². The first-order chi connectivity index (χ1) is 9.08. The lowest BCUT2D eigenvalue weighted by Gasteiger charge is -2.08. The fraction of sp³-hybridized carbons (Fsp3) is 0.0714. The fourth-order valence-electron chi connectivity index (χ4n) is 1.63. The molecule has 2 rings (SSSR count). The summed E-state index contributed by atoms with van der Waals surface area (Å²) < 4.78 is 14.4. The first-order valence-corrected chi connectivity index (χ1v) is 6.44. The van der Waals surface area contributed by atoms with Crippen LogP contribution in [0.5, 0.6) is 0 Å². The fourth-order valence-corrected chi connectivity index (χ4v) is 2.05. The molecule has 2 aromatic carbocycles. The smallest absolute Gasteiger partial charge is 0.254 e. The van der Waals surface area contributed by atoms with Gasteiger partial charge in [0.25, 0.3) is 5.91 Å². The molecule has 5 heteroatoms. The zero-order valence-corrected chi connectivity index (χ0v) is 11.6. The minimum atomic E-state index is -0.584.